The van der Waals surface area contributed by atoms with Gasteiger partial charge in [0.25, 0.3) is 0 Å². The van der Waals surface area contributed by atoms with E-state index in [1.165, 1.54) is 5.56 Å². The number of benzene rings is 2. The van der Waals surface area contributed by atoms with Crippen molar-refractivity contribution in [1.82, 2.24) is 0 Å². The first kappa shape index (κ1) is 11.5. The summed E-state index contributed by atoms with van der Waals surface area (Å²) < 4.78 is 5.72. The van der Waals surface area contributed by atoms with Gasteiger partial charge in [-0.1, -0.05) is 42.0 Å². The number of aryl methyl sites for hydroxylation is 2. The fourth-order valence-corrected chi connectivity index (χ4v) is 1.62. The number of nitrogens with two attached hydrogens (primary N) is 1. The van der Waals surface area contributed by atoms with E-state index >= 15 is 0 Å². The maximum atomic E-state index is 5.95. The zero-order valence-corrected chi connectivity index (χ0v) is 10.2. The molecule has 2 rings (SSSR count). The topological polar surface area (TPSA) is 35.2 Å². The van der Waals surface area contributed by atoms with Crippen LogP contribution in [-0.2, 0) is 6.61 Å². The van der Waals surface area contributed by atoms with Crippen molar-refractivity contribution in [2.75, 3.05) is 5.73 Å². The average molecular weight is 227 g/mol. The summed E-state index contributed by atoms with van der Waals surface area (Å²) in [6.45, 7) is 4.60. The molecular formula is C15H17NO. The molecule has 88 valence electrons. The molecule has 0 saturated carbocycles. The van der Waals surface area contributed by atoms with Crippen LogP contribution < -0.4 is 10.5 Å². The van der Waals surface area contributed by atoms with Gasteiger partial charge >= 0.3 is 0 Å². The minimum Gasteiger partial charge on any atom is -0.487 e. The Hall–Kier alpha value is -1.96. The quantitative estimate of drug-likeness (QED) is 0.815. The van der Waals surface area contributed by atoms with Crippen molar-refractivity contribution < 1.29 is 4.74 Å². The SMILES string of the molecule is Cc1ccc(COc2cccc(C)c2N)cc1. The Morgan fingerprint density at radius 1 is 1.00 bits per heavy atom. The third kappa shape index (κ3) is 2.78. The highest BCUT2D eigenvalue weighted by atomic mass is 16.5. The Morgan fingerprint density at radius 2 is 1.71 bits per heavy atom. The van der Waals surface area contributed by atoms with Gasteiger partial charge in [0.1, 0.15) is 12.4 Å². The molecule has 0 saturated heterocycles. The second-order valence-electron chi connectivity index (χ2n) is 4.26. The van der Waals surface area contributed by atoms with Crippen molar-refractivity contribution in [2.24, 2.45) is 0 Å². The van der Waals surface area contributed by atoms with Crippen molar-refractivity contribution >= 4 is 5.69 Å². The third-order valence-corrected chi connectivity index (χ3v) is 2.80. The summed E-state index contributed by atoms with van der Waals surface area (Å²) in [5, 5.41) is 0. The molecule has 0 aromatic heterocycles. The fourth-order valence-electron chi connectivity index (χ4n) is 1.62. The minimum atomic E-state index is 0.550. The summed E-state index contributed by atoms with van der Waals surface area (Å²) in [6, 6.07) is 14.1. The van der Waals surface area contributed by atoms with Crippen LogP contribution in [0.2, 0.25) is 0 Å². The number of nitrogen functional groups attached to an aromatic ring is 1. The normalized spacial score (nSPS) is 10.2. The van der Waals surface area contributed by atoms with Crippen LogP contribution in [0.3, 0.4) is 0 Å². The Bertz CT molecular complexity index is 503. The Kier molecular flexibility index (Phi) is 3.33. The van der Waals surface area contributed by atoms with Crippen molar-refractivity contribution in [3.63, 3.8) is 0 Å². The van der Waals surface area contributed by atoms with Crippen LogP contribution in [0.4, 0.5) is 5.69 Å². The summed E-state index contributed by atoms with van der Waals surface area (Å²) in [4.78, 5) is 0. The lowest BCUT2D eigenvalue weighted by Crippen LogP contribution is -2.00. The number of para-hydroxylation sites is 1. The Labute approximate surface area is 102 Å². The standard InChI is InChI=1S/C15H17NO/c1-11-6-8-13(9-7-11)10-17-14-5-3-4-12(2)15(14)16/h3-9H,10,16H2,1-2H3. The van der Waals surface area contributed by atoms with E-state index in [0.717, 1.165) is 22.6 Å². The van der Waals surface area contributed by atoms with Gasteiger partial charge in [-0.05, 0) is 31.0 Å². The summed E-state index contributed by atoms with van der Waals surface area (Å²) in [6.07, 6.45) is 0. The molecule has 0 fully saturated rings. The molecule has 0 aliphatic carbocycles. The predicted octanol–water partition coefficient (Wildman–Crippen LogP) is 3.46. The average Bonchev–Trinajstić information content (AvgIpc) is 2.33. The van der Waals surface area contributed by atoms with Crippen molar-refractivity contribution in [1.29, 1.82) is 0 Å². The number of hydrogen-bond donors (Lipinski definition) is 1. The van der Waals surface area contributed by atoms with Crippen LogP contribution in [0.15, 0.2) is 42.5 Å². The van der Waals surface area contributed by atoms with E-state index in [0.29, 0.717) is 6.61 Å². The third-order valence-electron chi connectivity index (χ3n) is 2.80. The van der Waals surface area contributed by atoms with Crippen LogP contribution in [0.25, 0.3) is 0 Å². The smallest absolute Gasteiger partial charge is 0.142 e. The molecule has 0 aliphatic heterocycles. The molecule has 2 aromatic carbocycles. The molecule has 2 heteroatoms. The van der Waals surface area contributed by atoms with Gasteiger partial charge in [-0.3, -0.25) is 0 Å². The van der Waals surface area contributed by atoms with Gasteiger partial charge in [-0.2, -0.15) is 0 Å². The summed E-state index contributed by atoms with van der Waals surface area (Å²) in [5.41, 5.74) is 10.1. The molecule has 17 heavy (non-hydrogen) atoms. The second kappa shape index (κ2) is 4.91. The second-order valence-corrected chi connectivity index (χ2v) is 4.26. The van der Waals surface area contributed by atoms with Crippen LogP contribution in [0.1, 0.15) is 16.7 Å². The molecule has 2 N–H and O–H groups in total. The molecule has 0 aliphatic rings. The highest BCUT2D eigenvalue weighted by Gasteiger charge is 2.02. The van der Waals surface area contributed by atoms with Gasteiger partial charge in [0, 0.05) is 0 Å². The largest absolute Gasteiger partial charge is 0.487 e. The lowest BCUT2D eigenvalue weighted by atomic mass is 10.1. The summed E-state index contributed by atoms with van der Waals surface area (Å²) in [5.74, 6) is 0.755. The van der Waals surface area contributed by atoms with Gasteiger partial charge < -0.3 is 10.5 Å². The molecule has 0 spiro atoms. The highest BCUT2D eigenvalue weighted by Crippen LogP contribution is 2.25. The molecule has 0 heterocycles. The first-order valence-corrected chi connectivity index (χ1v) is 5.70. The van der Waals surface area contributed by atoms with E-state index in [4.69, 9.17) is 10.5 Å². The lowest BCUT2D eigenvalue weighted by molar-refractivity contribution is 0.308. The number of hydrogen-bond acceptors (Lipinski definition) is 2. The zero-order chi connectivity index (χ0) is 12.3. The molecular weight excluding hydrogens is 210 g/mol. The molecule has 0 bridgehead atoms. The van der Waals surface area contributed by atoms with E-state index in [9.17, 15) is 0 Å². The van der Waals surface area contributed by atoms with Gasteiger partial charge in [0.15, 0.2) is 0 Å². The summed E-state index contributed by atoms with van der Waals surface area (Å²) in [7, 11) is 0. The van der Waals surface area contributed by atoms with Crippen LogP contribution in [-0.4, -0.2) is 0 Å². The van der Waals surface area contributed by atoms with Crippen molar-refractivity contribution in [3.05, 3.63) is 59.2 Å². The van der Waals surface area contributed by atoms with E-state index in [1.54, 1.807) is 0 Å². The Morgan fingerprint density at radius 3 is 2.41 bits per heavy atom. The first-order valence-electron chi connectivity index (χ1n) is 5.70. The van der Waals surface area contributed by atoms with Gasteiger partial charge in [-0.25, -0.2) is 0 Å². The predicted molar refractivity (Wildman–Crippen MR) is 71.1 cm³/mol. The highest BCUT2D eigenvalue weighted by molar-refractivity contribution is 5.57. The number of rotatable bonds is 3. The van der Waals surface area contributed by atoms with Gasteiger partial charge in [0.05, 0.1) is 5.69 Å². The van der Waals surface area contributed by atoms with Gasteiger partial charge in [-0.15, -0.1) is 0 Å². The van der Waals surface area contributed by atoms with Crippen molar-refractivity contribution in [3.8, 4) is 5.75 Å². The van der Waals surface area contributed by atoms with E-state index in [1.807, 2.05) is 25.1 Å². The van der Waals surface area contributed by atoms with E-state index in [-0.39, 0.29) is 0 Å². The molecule has 0 atom stereocenters. The molecule has 2 nitrogen and oxygen atoms in total. The molecule has 0 unspecified atom stereocenters. The fraction of sp³-hybridized carbons (Fsp3) is 0.200. The summed E-state index contributed by atoms with van der Waals surface area (Å²) >= 11 is 0. The zero-order valence-electron chi connectivity index (χ0n) is 10.2. The van der Waals surface area contributed by atoms with Crippen LogP contribution >= 0.6 is 0 Å². The first-order chi connectivity index (χ1) is 8.16. The van der Waals surface area contributed by atoms with Crippen molar-refractivity contribution in [2.45, 2.75) is 20.5 Å². The Balaban J connectivity index is 2.07. The lowest BCUT2D eigenvalue weighted by Gasteiger charge is -2.10. The molecule has 0 radical (unpaired) electrons. The minimum absolute atomic E-state index is 0.550. The number of anilines is 1. The maximum Gasteiger partial charge on any atom is 0.142 e. The van der Waals surface area contributed by atoms with E-state index < -0.39 is 0 Å². The number of ether oxygens (including phenoxy) is 1. The maximum absolute atomic E-state index is 5.95. The monoisotopic (exact) mass is 227 g/mol. The van der Waals surface area contributed by atoms with Crippen LogP contribution in [0.5, 0.6) is 5.75 Å². The van der Waals surface area contributed by atoms with Crippen LogP contribution in [0, 0.1) is 13.8 Å². The molecule has 0 amide bonds. The van der Waals surface area contributed by atoms with Gasteiger partial charge in [0.2, 0.25) is 0 Å². The van der Waals surface area contributed by atoms with E-state index in [2.05, 4.69) is 31.2 Å². The molecule has 2 aromatic rings.